The minimum atomic E-state index is -0.277. The van der Waals surface area contributed by atoms with E-state index in [2.05, 4.69) is 20.4 Å². The zero-order chi connectivity index (χ0) is 16.6. The van der Waals surface area contributed by atoms with Crippen LogP contribution in [0.25, 0.3) is 5.69 Å². The van der Waals surface area contributed by atoms with Gasteiger partial charge in [0.25, 0.3) is 5.56 Å². The van der Waals surface area contributed by atoms with Gasteiger partial charge in [-0.1, -0.05) is 18.2 Å². The number of aromatic amines is 1. The number of azo groups is 1. The molecule has 0 unspecified atom stereocenters. The third-order valence-electron chi connectivity index (χ3n) is 3.57. The van der Waals surface area contributed by atoms with E-state index in [-0.39, 0.29) is 28.6 Å². The normalized spacial score (nSPS) is 11.4. The lowest BCUT2D eigenvalue weighted by Crippen LogP contribution is -2.19. The summed E-state index contributed by atoms with van der Waals surface area (Å²) >= 11 is 0. The number of aromatic nitrogens is 4. The maximum atomic E-state index is 12.6. The second-order valence-corrected chi connectivity index (χ2v) is 4.98. The molecule has 0 saturated heterocycles. The summed E-state index contributed by atoms with van der Waals surface area (Å²) in [5, 5.41) is 14.2. The highest BCUT2D eigenvalue weighted by Gasteiger charge is 2.16. The molecule has 3 aromatic rings. The Morgan fingerprint density at radius 1 is 1.13 bits per heavy atom. The van der Waals surface area contributed by atoms with Crippen LogP contribution in [0.1, 0.15) is 5.69 Å². The van der Waals surface area contributed by atoms with Crippen LogP contribution in [0.2, 0.25) is 0 Å². The molecule has 0 aliphatic carbocycles. The van der Waals surface area contributed by atoms with Crippen LogP contribution in [0, 0.1) is 6.92 Å². The van der Waals surface area contributed by atoms with Crippen molar-refractivity contribution in [1.29, 1.82) is 0 Å². The molecule has 5 N–H and O–H groups in total. The van der Waals surface area contributed by atoms with E-state index in [4.69, 9.17) is 11.5 Å². The van der Waals surface area contributed by atoms with Gasteiger partial charge in [0, 0.05) is 7.05 Å². The number of benzene rings is 1. The van der Waals surface area contributed by atoms with Crippen LogP contribution >= 0.6 is 0 Å². The van der Waals surface area contributed by atoms with Crippen LogP contribution in [-0.2, 0) is 7.05 Å². The second kappa shape index (κ2) is 5.44. The van der Waals surface area contributed by atoms with Crippen LogP contribution in [0.15, 0.2) is 45.4 Å². The SMILES string of the molecule is Cc1c(N=Nc2c(N)n[nH]c2N)c(=O)n(-c2ccccc2)n1C. The number of nitrogens with one attached hydrogen (secondary N) is 1. The Bertz CT molecular complexity index is 912. The van der Waals surface area contributed by atoms with Crippen molar-refractivity contribution < 1.29 is 0 Å². The van der Waals surface area contributed by atoms with Crippen molar-refractivity contribution in [2.75, 3.05) is 11.5 Å². The topological polar surface area (TPSA) is 132 Å². The van der Waals surface area contributed by atoms with Gasteiger partial charge in [0.1, 0.15) is 5.82 Å². The highest BCUT2D eigenvalue weighted by atomic mass is 16.1. The Labute approximate surface area is 131 Å². The van der Waals surface area contributed by atoms with Gasteiger partial charge in [0.2, 0.25) is 0 Å². The maximum absolute atomic E-state index is 12.6. The lowest BCUT2D eigenvalue weighted by atomic mass is 10.3. The molecule has 0 radical (unpaired) electrons. The summed E-state index contributed by atoms with van der Waals surface area (Å²) in [6.45, 7) is 1.79. The molecule has 0 saturated carbocycles. The molecule has 0 aliphatic heterocycles. The minimum absolute atomic E-state index is 0.128. The van der Waals surface area contributed by atoms with E-state index < -0.39 is 0 Å². The summed E-state index contributed by atoms with van der Waals surface area (Å²) < 4.78 is 3.24. The molecule has 0 atom stereocenters. The molecule has 0 fully saturated rings. The van der Waals surface area contributed by atoms with Gasteiger partial charge in [-0.2, -0.15) is 5.10 Å². The molecule has 9 heteroatoms. The summed E-state index contributed by atoms with van der Waals surface area (Å²) in [4.78, 5) is 12.6. The molecule has 0 aliphatic rings. The Morgan fingerprint density at radius 2 is 1.78 bits per heavy atom. The highest BCUT2D eigenvalue weighted by molar-refractivity contribution is 5.70. The third kappa shape index (κ3) is 2.37. The number of nitrogen functional groups attached to an aromatic ring is 2. The van der Waals surface area contributed by atoms with Gasteiger partial charge in [-0.15, -0.1) is 10.2 Å². The smallest absolute Gasteiger partial charge is 0.299 e. The fourth-order valence-electron chi connectivity index (χ4n) is 2.24. The van der Waals surface area contributed by atoms with Gasteiger partial charge in [-0.3, -0.25) is 14.6 Å². The standard InChI is InChI=1S/C14H16N8O/c1-8-10(17-18-11-12(15)19-20-13(11)16)14(23)22(21(8)2)9-6-4-3-5-7-9/h3-7H,1-2H3,(H5,15,16,19,20). The van der Waals surface area contributed by atoms with Crippen molar-refractivity contribution in [3.63, 3.8) is 0 Å². The van der Waals surface area contributed by atoms with E-state index in [0.717, 1.165) is 5.69 Å². The largest absolute Gasteiger partial charge is 0.382 e. The van der Waals surface area contributed by atoms with Gasteiger partial charge < -0.3 is 11.5 Å². The molecule has 118 valence electrons. The zero-order valence-corrected chi connectivity index (χ0v) is 12.7. The summed E-state index contributed by atoms with van der Waals surface area (Å²) in [7, 11) is 1.78. The quantitative estimate of drug-likeness (QED) is 0.636. The number of para-hydroxylation sites is 1. The monoisotopic (exact) mass is 312 g/mol. The predicted octanol–water partition coefficient (Wildman–Crippen LogP) is 1.79. The molecule has 9 nitrogen and oxygen atoms in total. The average Bonchev–Trinajstić information content (AvgIpc) is 2.97. The molecule has 0 bridgehead atoms. The fourth-order valence-corrected chi connectivity index (χ4v) is 2.24. The van der Waals surface area contributed by atoms with Crippen molar-refractivity contribution in [2.24, 2.45) is 17.3 Å². The van der Waals surface area contributed by atoms with Crippen LogP contribution < -0.4 is 17.0 Å². The average molecular weight is 312 g/mol. The van der Waals surface area contributed by atoms with Crippen LogP contribution in [-0.4, -0.2) is 19.6 Å². The van der Waals surface area contributed by atoms with Crippen molar-refractivity contribution in [3.05, 3.63) is 46.4 Å². The van der Waals surface area contributed by atoms with Crippen molar-refractivity contribution in [1.82, 2.24) is 19.6 Å². The molecule has 0 spiro atoms. The molecule has 3 rings (SSSR count). The summed E-state index contributed by atoms with van der Waals surface area (Å²) in [6.07, 6.45) is 0. The Hall–Kier alpha value is -3.36. The Morgan fingerprint density at radius 3 is 2.39 bits per heavy atom. The lowest BCUT2D eigenvalue weighted by molar-refractivity contribution is 0.630. The van der Waals surface area contributed by atoms with Gasteiger partial charge >= 0.3 is 0 Å². The van der Waals surface area contributed by atoms with E-state index in [1.54, 1.807) is 18.7 Å². The Balaban J connectivity index is 2.10. The van der Waals surface area contributed by atoms with Crippen molar-refractivity contribution in [3.8, 4) is 5.69 Å². The molecule has 2 heterocycles. The van der Waals surface area contributed by atoms with E-state index in [9.17, 15) is 4.79 Å². The highest BCUT2D eigenvalue weighted by Crippen LogP contribution is 2.28. The summed E-state index contributed by atoms with van der Waals surface area (Å²) in [5.41, 5.74) is 12.9. The van der Waals surface area contributed by atoms with Crippen LogP contribution in [0.5, 0.6) is 0 Å². The van der Waals surface area contributed by atoms with E-state index >= 15 is 0 Å². The lowest BCUT2D eigenvalue weighted by Gasteiger charge is -2.07. The van der Waals surface area contributed by atoms with E-state index in [1.165, 1.54) is 4.68 Å². The summed E-state index contributed by atoms with van der Waals surface area (Å²) in [5.74, 6) is 0.325. The first-order chi connectivity index (χ1) is 11.0. The van der Waals surface area contributed by atoms with E-state index in [0.29, 0.717) is 5.69 Å². The number of nitrogens with zero attached hydrogens (tertiary/aromatic N) is 5. The molecule has 23 heavy (non-hydrogen) atoms. The van der Waals surface area contributed by atoms with E-state index in [1.807, 2.05) is 30.3 Å². The molecular formula is C14H16N8O. The number of rotatable bonds is 3. The number of nitrogens with two attached hydrogens (primary N) is 2. The van der Waals surface area contributed by atoms with Crippen molar-refractivity contribution >= 4 is 23.0 Å². The first kappa shape index (κ1) is 14.6. The molecule has 2 aromatic heterocycles. The van der Waals surface area contributed by atoms with Gasteiger partial charge in [-0.25, -0.2) is 4.68 Å². The predicted molar refractivity (Wildman–Crippen MR) is 87.3 cm³/mol. The van der Waals surface area contributed by atoms with Crippen LogP contribution in [0.4, 0.5) is 23.0 Å². The fraction of sp³-hybridized carbons (Fsp3) is 0.143. The minimum Gasteiger partial charge on any atom is -0.382 e. The Kier molecular flexibility index (Phi) is 3.45. The van der Waals surface area contributed by atoms with Crippen LogP contribution in [0.3, 0.4) is 0 Å². The maximum Gasteiger partial charge on any atom is 0.299 e. The summed E-state index contributed by atoms with van der Waals surface area (Å²) in [6, 6.07) is 9.29. The number of hydrogen-bond donors (Lipinski definition) is 3. The van der Waals surface area contributed by atoms with Gasteiger partial charge in [0.05, 0.1) is 11.4 Å². The second-order valence-electron chi connectivity index (χ2n) is 4.98. The number of anilines is 2. The first-order valence-electron chi connectivity index (χ1n) is 6.85. The first-order valence-corrected chi connectivity index (χ1v) is 6.85. The zero-order valence-electron chi connectivity index (χ0n) is 12.7. The number of hydrogen-bond acceptors (Lipinski definition) is 6. The van der Waals surface area contributed by atoms with Crippen molar-refractivity contribution in [2.45, 2.75) is 6.92 Å². The number of H-pyrrole nitrogens is 1. The van der Waals surface area contributed by atoms with Gasteiger partial charge in [-0.05, 0) is 19.1 Å². The molecular weight excluding hydrogens is 296 g/mol. The molecule has 1 aromatic carbocycles. The third-order valence-corrected chi connectivity index (χ3v) is 3.57. The molecule has 0 amide bonds. The van der Waals surface area contributed by atoms with Gasteiger partial charge in [0.15, 0.2) is 17.2 Å².